The van der Waals surface area contributed by atoms with Crippen molar-refractivity contribution in [1.82, 2.24) is 5.32 Å². The highest BCUT2D eigenvalue weighted by molar-refractivity contribution is 6.01. The largest absolute Gasteiger partial charge is 0.478 e. The van der Waals surface area contributed by atoms with E-state index in [4.69, 9.17) is 34.5 Å². The third-order valence-electron chi connectivity index (χ3n) is 15.1. The number of benzene rings is 11. The van der Waals surface area contributed by atoms with Crippen LogP contribution in [0.2, 0.25) is 0 Å². The topological polar surface area (TPSA) is 165 Å². The molecule has 480 valence electrons. The molecule has 0 atom stereocenters. The maximum absolute atomic E-state index is 13.1. The zero-order chi connectivity index (χ0) is 66.8. The lowest BCUT2D eigenvalue weighted by Gasteiger charge is -2.42. The second-order valence-corrected chi connectivity index (χ2v) is 21.7. The Morgan fingerprint density at radius 3 is 1.12 bits per heavy atom. The van der Waals surface area contributed by atoms with Crippen LogP contribution in [0.25, 0.3) is 32.3 Å². The number of amides is 1. The molecule has 2 aliphatic heterocycles. The van der Waals surface area contributed by atoms with E-state index in [1.54, 1.807) is 91.0 Å². The lowest BCUT2D eigenvalue weighted by atomic mass is 9.87. The van der Waals surface area contributed by atoms with Gasteiger partial charge in [0.1, 0.15) is 40.0 Å². The minimum absolute atomic E-state index is 0.147. The zero-order valence-corrected chi connectivity index (χ0v) is 49.5. The SMILES string of the molecule is COC(=O)c1ccc2c(Oc3ccc(C(F)(F)F)cc3)cccc2c1.NC1(c2ccccc2)COC1.O=C(NC1(c2ccccc2)COC1)c1ccc2c(Oc3ccc(C(F)(F)F)cc3)cccc2c1.O=C(O)c1ccc2c(Oc3ccc(C(F)(F)F)cc3)cccc2c1. The van der Waals surface area contributed by atoms with Crippen LogP contribution in [-0.4, -0.2) is 56.5 Å². The number of fused-ring (bicyclic) bond motifs is 3. The molecular formula is C73H55F9N2O10. The molecule has 0 spiro atoms. The van der Waals surface area contributed by atoms with E-state index < -0.39 is 52.7 Å². The number of ether oxygens (including phenoxy) is 6. The first-order valence-corrected chi connectivity index (χ1v) is 28.7. The summed E-state index contributed by atoms with van der Waals surface area (Å²) in [6.07, 6.45) is -13.2. The Bertz CT molecular complexity index is 4470. The lowest BCUT2D eigenvalue weighted by Crippen LogP contribution is -2.59. The molecule has 2 saturated heterocycles. The van der Waals surface area contributed by atoms with E-state index in [0.717, 1.165) is 63.5 Å². The van der Waals surface area contributed by atoms with E-state index in [0.29, 0.717) is 65.6 Å². The number of carboxylic acids is 1. The van der Waals surface area contributed by atoms with Gasteiger partial charge in [0, 0.05) is 21.7 Å². The molecule has 1 amide bonds. The van der Waals surface area contributed by atoms with Crippen LogP contribution in [0.3, 0.4) is 0 Å². The van der Waals surface area contributed by atoms with Crippen LogP contribution in [0.15, 0.2) is 243 Å². The zero-order valence-electron chi connectivity index (χ0n) is 49.5. The number of alkyl halides is 9. The fourth-order valence-corrected chi connectivity index (χ4v) is 9.99. The van der Waals surface area contributed by atoms with Crippen molar-refractivity contribution >= 4 is 50.2 Å². The van der Waals surface area contributed by atoms with Gasteiger partial charge in [0.05, 0.1) is 66.9 Å². The predicted octanol–water partition coefficient (Wildman–Crippen LogP) is 18.0. The van der Waals surface area contributed by atoms with Gasteiger partial charge in [-0.2, -0.15) is 39.5 Å². The van der Waals surface area contributed by atoms with Crippen LogP contribution in [0.4, 0.5) is 39.5 Å². The van der Waals surface area contributed by atoms with E-state index >= 15 is 0 Å². The van der Waals surface area contributed by atoms with Crippen LogP contribution in [0.1, 0.15) is 58.9 Å². The second kappa shape index (κ2) is 28.0. The van der Waals surface area contributed by atoms with Crippen LogP contribution < -0.4 is 25.3 Å². The van der Waals surface area contributed by atoms with Crippen molar-refractivity contribution in [2.24, 2.45) is 5.73 Å². The predicted molar refractivity (Wildman–Crippen MR) is 334 cm³/mol. The minimum Gasteiger partial charge on any atom is -0.478 e. The van der Waals surface area contributed by atoms with Crippen molar-refractivity contribution in [2.45, 2.75) is 29.6 Å². The van der Waals surface area contributed by atoms with Gasteiger partial charge in [0.25, 0.3) is 5.91 Å². The molecule has 0 radical (unpaired) electrons. The first kappa shape index (κ1) is 66.2. The molecule has 4 N–H and O–H groups in total. The first-order valence-electron chi connectivity index (χ1n) is 28.7. The summed E-state index contributed by atoms with van der Waals surface area (Å²) in [4.78, 5) is 35.7. The Hall–Kier alpha value is -10.7. The average Bonchev–Trinajstić information content (AvgIpc) is 0.802. The van der Waals surface area contributed by atoms with E-state index in [1.807, 2.05) is 66.7 Å². The highest BCUT2D eigenvalue weighted by Gasteiger charge is 2.42. The van der Waals surface area contributed by atoms with Gasteiger partial charge < -0.3 is 44.6 Å². The Balaban J connectivity index is 0.000000144. The standard InChI is InChI=1S/C27H20F3NO3.C19H13F3O3.C18H11F3O3.C9H11NO/c28-27(29,30)21-10-12-22(13-11-21)34-24-8-4-5-18-15-19(9-14-23(18)24)25(32)31-26(16-33-17-26)20-6-2-1-3-7-20;1-24-18(23)13-5-10-16-12(11-13)3-2-4-17(16)25-15-8-6-14(7-9-15)19(20,21)22;19-18(20,21)13-5-7-14(8-6-13)24-16-3-1-2-11-10-12(17(22)23)4-9-15(11)16;10-9(6-11-7-9)8-4-2-1-3-5-8/h1-15H,16-17H2,(H,31,32);2-11H,1H3;1-10H,(H,22,23);1-5H,6-7,10H2. The molecule has 0 aliphatic carbocycles. The van der Waals surface area contributed by atoms with Gasteiger partial charge in [-0.3, -0.25) is 4.79 Å². The van der Waals surface area contributed by atoms with E-state index in [1.165, 1.54) is 61.2 Å². The fourth-order valence-electron chi connectivity index (χ4n) is 9.99. The molecule has 13 rings (SSSR count). The number of aromatic carboxylic acids is 1. The summed E-state index contributed by atoms with van der Waals surface area (Å²) >= 11 is 0. The summed E-state index contributed by atoms with van der Waals surface area (Å²) in [6, 6.07) is 63.7. The Morgan fingerprint density at radius 2 is 0.777 bits per heavy atom. The van der Waals surface area contributed by atoms with E-state index in [2.05, 4.69) is 10.1 Å². The van der Waals surface area contributed by atoms with Crippen LogP contribution in [0.5, 0.6) is 34.5 Å². The molecule has 21 heteroatoms. The highest BCUT2D eigenvalue weighted by Crippen LogP contribution is 2.39. The summed E-state index contributed by atoms with van der Waals surface area (Å²) in [5.41, 5.74) is 6.21. The third kappa shape index (κ3) is 15.9. The maximum atomic E-state index is 13.1. The van der Waals surface area contributed by atoms with Crippen molar-refractivity contribution in [3.05, 3.63) is 287 Å². The van der Waals surface area contributed by atoms with Crippen molar-refractivity contribution in [1.29, 1.82) is 0 Å². The maximum Gasteiger partial charge on any atom is 0.416 e. The molecule has 2 heterocycles. The number of halogens is 9. The van der Waals surface area contributed by atoms with Crippen molar-refractivity contribution in [3.8, 4) is 34.5 Å². The monoisotopic (exact) mass is 1290 g/mol. The minimum atomic E-state index is -4.40. The number of carbonyl (C=O) groups is 3. The number of hydrogen-bond acceptors (Lipinski definition) is 10. The van der Waals surface area contributed by atoms with Gasteiger partial charge in [0.15, 0.2) is 0 Å². The number of esters is 1. The number of hydrogen-bond donors (Lipinski definition) is 3. The molecule has 11 aromatic carbocycles. The van der Waals surface area contributed by atoms with Crippen molar-refractivity contribution in [2.75, 3.05) is 33.5 Å². The van der Waals surface area contributed by atoms with Gasteiger partial charge in [-0.25, -0.2) is 9.59 Å². The fraction of sp³-hybridized carbons (Fsp3) is 0.137. The molecule has 2 aliphatic rings. The van der Waals surface area contributed by atoms with Crippen molar-refractivity contribution in [3.63, 3.8) is 0 Å². The molecule has 94 heavy (non-hydrogen) atoms. The average molecular weight is 1290 g/mol. The normalized spacial score (nSPS) is 13.8. The summed E-state index contributed by atoms with van der Waals surface area (Å²) in [5, 5.41) is 16.5. The molecule has 0 unspecified atom stereocenters. The molecule has 0 saturated carbocycles. The summed E-state index contributed by atoms with van der Waals surface area (Å²) in [7, 11) is 1.30. The summed E-state index contributed by atoms with van der Waals surface area (Å²) in [6.45, 7) is 2.11. The molecule has 0 aromatic heterocycles. The third-order valence-corrected chi connectivity index (χ3v) is 15.1. The number of nitrogens with two attached hydrogens (primary N) is 1. The number of methoxy groups -OCH3 is 1. The number of carboxylic acid groups (broad SMARTS) is 1. The lowest BCUT2D eigenvalue weighted by molar-refractivity contribution is -0.138. The van der Waals surface area contributed by atoms with Gasteiger partial charge >= 0.3 is 30.5 Å². The summed E-state index contributed by atoms with van der Waals surface area (Å²) < 4.78 is 146. The number of carbonyl (C=O) groups excluding carboxylic acids is 2. The van der Waals surface area contributed by atoms with Gasteiger partial charge in [0.2, 0.25) is 0 Å². The molecule has 2 fully saturated rings. The Morgan fingerprint density at radius 1 is 0.426 bits per heavy atom. The molecule has 0 bridgehead atoms. The second-order valence-electron chi connectivity index (χ2n) is 21.7. The van der Waals surface area contributed by atoms with Crippen LogP contribution in [0, 0.1) is 0 Å². The Labute approximate surface area is 531 Å². The Kier molecular flexibility index (Phi) is 19.7. The quantitative estimate of drug-likeness (QED) is 0.0787. The van der Waals surface area contributed by atoms with Crippen molar-refractivity contribution < 1.29 is 87.4 Å². The van der Waals surface area contributed by atoms with E-state index in [9.17, 15) is 53.9 Å². The van der Waals surface area contributed by atoms with Crippen LogP contribution in [-0.2, 0) is 43.8 Å². The smallest absolute Gasteiger partial charge is 0.416 e. The number of rotatable bonds is 12. The van der Waals surface area contributed by atoms with Gasteiger partial charge in [-0.15, -0.1) is 0 Å². The van der Waals surface area contributed by atoms with Gasteiger partial charge in [-0.1, -0.05) is 97.1 Å². The van der Waals surface area contributed by atoms with E-state index in [-0.39, 0.29) is 34.3 Å². The number of nitrogens with one attached hydrogen (secondary N) is 1. The van der Waals surface area contributed by atoms with Crippen LogP contribution >= 0.6 is 0 Å². The molecule has 11 aromatic rings. The molecular weight excluding hydrogens is 1240 g/mol. The first-order chi connectivity index (χ1) is 44.9. The van der Waals surface area contributed by atoms with Gasteiger partial charge in [-0.05, 0) is 173 Å². The molecule has 12 nitrogen and oxygen atoms in total. The summed E-state index contributed by atoms with van der Waals surface area (Å²) in [5.74, 6) is 0.535. The highest BCUT2D eigenvalue weighted by atomic mass is 19.4.